The summed E-state index contributed by atoms with van der Waals surface area (Å²) in [6.07, 6.45) is -0.0484. The fourth-order valence-corrected chi connectivity index (χ4v) is 4.20. The molecule has 1 saturated carbocycles. The molecule has 9 heteroatoms. The summed E-state index contributed by atoms with van der Waals surface area (Å²) in [5.41, 5.74) is 0.318. The van der Waals surface area contributed by atoms with E-state index >= 15 is 0 Å². The molecular weight excluding hydrogens is 428 g/mol. The number of aromatic amines is 1. The molecule has 0 saturated heterocycles. The highest BCUT2D eigenvalue weighted by Gasteiger charge is 2.37. The van der Waals surface area contributed by atoms with Crippen LogP contribution in [-0.2, 0) is 24.0 Å². The molecule has 2 N–H and O–H groups in total. The Kier molecular flexibility index (Phi) is 6.08. The Morgan fingerprint density at radius 3 is 2.66 bits per heavy atom. The van der Waals surface area contributed by atoms with Crippen LogP contribution >= 0.6 is 0 Å². The largest absolute Gasteiger partial charge is 0.489 e. The minimum atomic E-state index is -4.50. The fraction of sp³-hybridized carbons (Fsp3) is 0.391. The second-order valence-corrected chi connectivity index (χ2v) is 8.06. The monoisotopic (exact) mass is 450 g/mol. The third-order valence-corrected chi connectivity index (χ3v) is 5.79. The number of nitrogens with one attached hydrogen (secondary N) is 1. The van der Waals surface area contributed by atoms with Crippen LogP contribution in [0.25, 0.3) is 10.9 Å². The van der Waals surface area contributed by atoms with Gasteiger partial charge in [0.15, 0.2) is 5.82 Å². The van der Waals surface area contributed by atoms with Gasteiger partial charge in [-0.3, -0.25) is 9.78 Å². The summed E-state index contributed by atoms with van der Waals surface area (Å²) in [7, 11) is 0. The van der Waals surface area contributed by atoms with E-state index in [0.29, 0.717) is 18.4 Å². The summed E-state index contributed by atoms with van der Waals surface area (Å²) in [5, 5.41) is 9.01. The van der Waals surface area contributed by atoms with Crippen LogP contribution in [0.5, 0.6) is 5.75 Å². The smallest absolute Gasteiger partial charge is 0.418 e. The van der Waals surface area contributed by atoms with E-state index in [0.717, 1.165) is 18.9 Å². The number of fused-ring (bicyclic) bond motifs is 1. The summed E-state index contributed by atoms with van der Waals surface area (Å²) in [4.78, 5) is 17.7. The quantitative estimate of drug-likeness (QED) is 0.435. The lowest BCUT2D eigenvalue weighted by atomic mass is 9.97. The Labute approximate surface area is 181 Å². The van der Waals surface area contributed by atoms with Gasteiger partial charge in [0.25, 0.3) is 0 Å². The molecular formula is C23H22F4N2O3. The first kappa shape index (κ1) is 22.1. The Morgan fingerprint density at radius 2 is 1.97 bits per heavy atom. The van der Waals surface area contributed by atoms with Crippen molar-refractivity contribution in [1.82, 2.24) is 9.97 Å². The maximum absolute atomic E-state index is 14.6. The first-order chi connectivity index (χ1) is 15.2. The van der Waals surface area contributed by atoms with E-state index in [1.54, 1.807) is 12.1 Å². The summed E-state index contributed by atoms with van der Waals surface area (Å²) < 4.78 is 61.0. The molecule has 0 spiro atoms. The van der Waals surface area contributed by atoms with Crippen LogP contribution in [0.3, 0.4) is 0 Å². The third kappa shape index (κ3) is 4.71. The zero-order chi connectivity index (χ0) is 22.9. The molecule has 0 aliphatic heterocycles. The van der Waals surface area contributed by atoms with Gasteiger partial charge in [0.2, 0.25) is 0 Å². The number of carbonyl (C=O) groups is 1. The normalized spacial score (nSPS) is 14.9. The number of benzene rings is 1. The average molecular weight is 450 g/mol. The average Bonchev–Trinajstić information content (AvgIpc) is 3.38. The lowest BCUT2D eigenvalue weighted by Crippen LogP contribution is -2.14. The van der Waals surface area contributed by atoms with Crippen molar-refractivity contribution in [2.24, 2.45) is 0 Å². The van der Waals surface area contributed by atoms with Gasteiger partial charge in [-0.15, -0.1) is 0 Å². The summed E-state index contributed by atoms with van der Waals surface area (Å²) in [5.74, 6) is -1.48. The molecule has 2 heterocycles. The van der Waals surface area contributed by atoms with Crippen molar-refractivity contribution in [2.75, 3.05) is 0 Å². The number of ether oxygens (including phenoxy) is 1. The van der Waals surface area contributed by atoms with Crippen molar-refractivity contribution < 1.29 is 32.2 Å². The molecule has 0 bridgehead atoms. The van der Waals surface area contributed by atoms with E-state index in [-0.39, 0.29) is 53.5 Å². The van der Waals surface area contributed by atoms with Gasteiger partial charge < -0.3 is 14.8 Å². The van der Waals surface area contributed by atoms with Gasteiger partial charge in [-0.05, 0) is 37.1 Å². The second-order valence-electron chi connectivity index (χ2n) is 8.06. The lowest BCUT2D eigenvalue weighted by molar-refractivity contribution is -0.139. The number of carboxylic acids is 1. The lowest BCUT2D eigenvalue weighted by Gasteiger charge is -2.17. The zero-order valence-electron chi connectivity index (χ0n) is 17.1. The molecule has 0 atom stereocenters. The zero-order valence-corrected chi connectivity index (χ0v) is 17.1. The number of hydrogen-bond donors (Lipinski definition) is 2. The maximum atomic E-state index is 14.6. The Hall–Kier alpha value is -3.10. The molecule has 0 unspecified atom stereocenters. The van der Waals surface area contributed by atoms with Crippen molar-refractivity contribution in [1.29, 1.82) is 0 Å². The number of halogens is 4. The number of H-pyrrole nitrogens is 1. The number of hydrogen-bond acceptors (Lipinski definition) is 3. The number of pyridine rings is 1. The van der Waals surface area contributed by atoms with Gasteiger partial charge in [0.1, 0.15) is 12.4 Å². The van der Waals surface area contributed by atoms with E-state index in [2.05, 4.69) is 9.97 Å². The Morgan fingerprint density at radius 1 is 1.22 bits per heavy atom. The second kappa shape index (κ2) is 8.80. The molecule has 170 valence electrons. The Bertz CT molecular complexity index is 1130. The molecule has 1 aliphatic carbocycles. The van der Waals surface area contributed by atoms with Crippen molar-refractivity contribution in [3.63, 3.8) is 0 Å². The highest BCUT2D eigenvalue weighted by Crippen LogP contribution is 2.40. The SMILES string of the molecule is O=C(O)CCc1[nH]c2ccc(OCc3cnc(C4CCCC4)c(C(F)(F)F)c3)cc2c1F. The number of nitrogens with zero attached hydrogens (tertiary/aromatic N) is 1. The maximum Gasteiger partial charge on any atom is 0.418 e. The molecule has 0 radical (unpaired) electrons. The van der Waals surface area contributed by atoms with Gasteiger partial charge in [0, 0.05) is 35.0 Å². The van der Waals surface area contributed by atoms with Crippen molar-refractivity contribution in [3.05, 3.63) is 58.8 Å². The highest BCUT2D eigenvalue weighted by atomic mass is 19.4. The summed E-state index contributed by atoms with van der Waals surface area (Å²) in [6, 6.07) is 5.68. The molecule has 5 nitrogen and oxygen atoms in total. The van der Waals surface area contributed by atoms with E-state index in [1.165, 1.54) is 12.3 Å². The molecule has 1 fully saturated rings. The van der Waals surface area contributed by atoms with Gasteiger partial charge in [-0.1, -0.05) is 12.8 Å². The van der Waals surface area contributed by atoms with Crippen LogP contribution in [0.15, 0.2) is 30.5 Å². The van der Waals surface area contributed by atoms with E-state index in [9.17, 15) is 22.4 Å². The molecule has 4 rings (SSSR count). The molecule has 3 aromatic rings. The standard InChI is InChI=1S/C23H22F4N2O3/c24-21-16-10-15(5-6-18(16)29-19(21)7-8-20(30)31)32-12-13-9-17(23(25,26)27)22(28-11-13)14-3-1-2-4-14/h5-6,9-11,14,29H,1-4,7-8,12H2,(H,30,31). The van der Waals surface area contributed by atoms with Crippen molar-refractivity contribution in [3.8, 4) is 5.75 Å². The predicted octanol–water partition coefficient (Wildman–Crippen LogP) is 5.97. The topological polar surface area (TPSA) is 75.2 Å². The summed E-state index contributed by atoms with van der Waals surface area (Å²) >= 11 is 0. The van der Waals surface area contributed by atoms with Crippen LogP contribution in [0, 0.1) is 5.82 Å². The summed E-state index contributed by atoms with van der Waals surface area (Å²) in [6.45, 7) is -0.148. The molecule has 32 heavy (non-hydrogen) atoms. The minimum absolute atomic E-state index is 0.0191. The third-order valence-electron chi connectivity index (χ3n) is 5.79. The number of rotatable bonds is 7. The van der Waals surface area contributed by atoms with E-state index in [4.69, 9.17) is 9.84 Å². The van der Waals surface area contributed by atoms with Crippen LogP contribution in [0.1, 0.15) is 60.5 Å². The van der Waals surface area contributed by atoms with Crippen LogP contribution in [-0.4, -0.2) is 21.0 Å². The van der Waals surface area contributed by atoms with Gasteiger partial charge in [-0.25, -0.2) is 4.39 Å². The number of carboxylic acid groups (broad SMARTS) is 1. The molecule has 1 aliphatic rings. The van der Waals surface area contributed by atoms with Crippen LogP contribution in [0.2, 0.25) is 0 Å². The van der Waals surface area contributed by atoms with Gasteiger partial charge >= 0.3 is 12.1 Å². The first-order valence-corrected chi connectivity index (χ1v) is 10.4. The van der Waals surface area contributed by atoms with Crippen molar-refractivity contribution in [2.45, 2.75) is 57.2 Å². The van der Waals surface area contributed by atoms with Gasteiger partial charge in [0.05, 0.1) is 23.4 Å². The minimum Gasteiger partial charge on any atom is -0.489 e. The van der Waals surface area contributed by atoms with E-state index in [1.807, 2.05) is 0 Å². The number of alkyl halides is 3. The number of aryl methyl sites for hydroxylation is 1. The number of aliphatic carboxylic acids is 1. The van der Waals surface area contributed by atoms with Crippen LogP contribution in [0.4, 0.5) is 17.6 Å². The number of aromatic nitrogens is 2. The fourth-order valence-electron chi connectivity index (χ4n) is 4.20. The molecule has 0 amide bonds. The Balaban J connectivity index is 1.52. The predicted molar refractivity (Wildman–Crippen MR) is 109 cm³/mol. The van der Waals surface area contributed by atoms with Crippen molar-refractivity contribution >= 4 is 16.9 Å². The van der Waals surface area contributed by atoms with Gasteiger partial charge in [-0.2, -0.15) is 13.2 Å². The van der Waals surface area contributed by atoms with E-state index < -0.39 is 23.5 Å². The molecule has 1 aromatic carbocycles. The highest BCUT2D eigenvalue weighted by molar-refractivity contribution is 5.83. The first-order valence-electron chi connectivity index (χ1n) is 10.4. The molecule has 2 aromatic heterocycles. The van der Waals surface area contributed by atoms with Crippen LogP contribution < -0.4 is 4.74 Å².